The van der Waals surface area contributed by atoms with Crippen LogP contribution in [0.1, 0.15) is 33.0 Å². The maximum Gasteiger partial charge on any atom is 0.177 e. The van der Waals surface area contributed by atoms with Gasteiger partial charge in [0.05, 0.1) is 16.8 Å². The highest BCUT2D eigenvalue weighted by Crippen LogP contribution is 2.42. The number of rotatable bonds is 7. The van der Waals surface area contributed by atoms with E-state index >= 15 is 0 Å². The van der Waals surface area contributed by atoms with Crippen LogP contribution in [0.2, 0.25) is 0 Å². The van der Waals surface area contributed by atoms with Gasteiger partial charge in [-0.1, -0.05) is 66.7 Å². The zero-order chi connectivity index (χ0) is 21.7. The van der Waals surface area contributed by atoms with Crippen molar-refractivity contribution in [2.24, 2.45) is 0 Å². The summed E-state index contributed by atoms with van der Waals surface area (Å²) in [5.41, 5.74) is 1.89. The van der Waals surface area contributed by atoms with Gasteiger partial charge in [0.1, 0.15) is 0 Å². The van der Waals surface area contributed by atoms with Crippen molar-refractivity contribution in [3.8, 4) is 0 Å². The van der Waals surface area contributed by atoms with E-state index in [4.69, 9.17) is 23.2 Å². The molecular formula is C22H20Cl2N2O4. The van der Waals surface area contributed by atoms with Gasteiger partial charge >= 0.3 is 0 Å². The van der Waals surface area contributed by atoms with Crippen LogP contribution in [0.5, 0.6) is 0 Å². The molecule has 0 saturated heterocycles. The molecule has 2 unspecified atom stereocenters. The lowest BCUT2D eigenvalue weighted by Crippen LogP contribution is -3.01. The fourth-order valence-electron chi connectivity index (χ4n) is 3.08. The molecule has 8 heteroatoms. The average molecular weight is 447 g/mol. The van der Waals surface area contributed by atoms with Crippen molar-refractivity contribution in [1.82, 2.24) is 0 Å². The van der Waals surface area contributed by atoms with Crippen molar-refractivity contribution in [2.45, 2.75) is 10.8 Å². The number of halogens is 2. The molecule has 0 bridgehead atoms. The van der Waals surface area contributed by atoms with Gasteiger partial charge in [0.15, 0.2) is 11.4 Å². The minimum atomic E-state index is -1.27. The summed E-state index contributed by atoms with van der Waals surface area (Å²) in [6, 6.07) is 21.0. The van der Waals surface area contributed by atoms with Crippen LogP contribution in [0.15, 0.2) is 72.8 Å². The van der Waals surface area contributed by atoms with Gasteiger partial charge in [-0.2, -0.15) is 10.5 Å². The summed E-state index contributed by atoms with van der Waals surface area (Å²) in [6.45, 7) is 0. The molecule has 0 aliphatic rings. The predicted molar refractivity (Wildman–Crippen MR) is 117 cm³/mol. The minimum absolute atomic E-state index is 0.127. The van der Waals surface area contributed by atoms with Crippen molar-refractivity contribution < 1.29 is 20.9 Å². The third-order valence-corrected chi connectivity index (χ3v) is 5.73. The normalized spacial score (nSPS) is 15.7. The minimum Gasteiger partial charge on any atom is -0.595 e. The fraction of sp³-hybridized carbons (Fsp3) is 0.0909. The van der Waals surface area contributed by atoms with Crippen LogP contribution in [-0.4, -0.2) is 10.4 Å². The first-order valence-corrected chi connectivity index (χ1v) is 9.96. The largest absolute Gasteiger partial charge is 0.595 e. The molecule has 0 saturated carbocycles. The van der Waals surface area contributed by atoms with Crippen LogP contribution < -0.4 is 10.5 Å². The first kappa shape index (κ1) is 22.4. The van der Waals surface area contributed by atoms with Gasteiger partial charge in [0.25, 0.3) is 0 Å². The fourth-order valence-corrected chi connectivity index (χ4v) is 3.69. The van der Waals surface area contributed by atoms with E-state index in [-0.39, 0.29) is 16.9 Å². The summed E-state index contributed by atoms with van der Waals surface area (Å²) < 4.78 is 0. The zero-order valence-electron chi connectivity index (χ0n) is 15.7. The molecule has 0 aliphatic carbocycles. The van der Waals surface area contributed by atoms with Crippen molar-refractivity contribution in [1.29, 1.82) is 0 Å². The summed E-state index contributed by atoms with van der Waals surface area (Å²) in [6.07, 6.45) is 3.38. The van der Waals surface area contributed by atoms with Crippen LogP contribution in [-0.2, 0) is 0 Å². The van der Waals surface area contributed by atoms with E-state index in [2.05, 4.69) is 0 Å². The van der Waals surface area contributed by atoms with Crippen LogP contribution in [0.4, 0.5) is 11.4 Å². The third-order valence-electron chi connectivity index (χ3n) is 4.61. The van der Waals surface area contributed by atoms with Gasteiger partial charge in [-0.05, 0) is 23.3 Å². The Morgan fingerprint density at radius 2 is 1.30 bits per heavy atom. The standard InChI is InChI=1S/C22H20Cl2N2O4/c23-21(16-9-5-2-6-10-16)22(24)18-13-17(12-11-15-7-3-1-4-8-15)19(25(27)28)14-20(18)26(29)30/h1-14,21-22,25-27,29H/t21-,22+/m1/s1. The van der Waals surface area contributed by atoms with E-state index in [1.54, 1.807) is 24.3 Å². The molecular weight excluding hydrogens is 427 g/mol. The molecule has 0 fully saturated rings. The highest BCUT2D eigenvalue weighted by Gasteiger charge is 2.28. The SMILES string of the molecule is [O-][NH+](O)c1cc([NH+]([O-])O)c([C@H](Cl)[C@H](Cl)c2ccccc2)cc1C=Cc1ccccc1. The van der Waals surface area contributed by atoms with E-state index in [1.165, 1.54) is 6.07 Å². The summed E-state index contributed by atoms with van der Waals surface area (Å²) in [5, 5.41) is 38.8. The Bertz CT molecular complexity index is 999. The van der Waals surface area contributed by atoms with Gasteiger partial charge < -0.3 is 10.4 Å². The Morgan fingerprint density at radius 3 is 1.87 bits per heavy atom. The lowest BCUT2D eigenvalue weighted by molar-refractivity contribution is -0.996. The Kier molecular flexibility index (Phi) is 7.60. The highest BCUT2D eigenvalue weighted by molar-refractivity contribution is 6.30. The van der Waals surface area contributed by atoms with Gasteiger partial charge in [-0.3, -0.25) is 0 Å². The second-order valence-corrected chi connectivity index (χ2v) is 7.54. The smallest absolute Gasteiger partial charge is 0.177 e. The molecule has 3 rings (SSSR count). The molecule has 0 heterocycles. The molecule has 0 amide bonds. The van der Waals surface area contributed by atoms with Crippen LogP contribution in [0.25, 0.3) is 12.2 Å². The summed E-state index contributed by atoms with van der Waals surface area (Å²) in [5.74, 6) is 0. The molecule has 30 heavy (non-hydrogen) atoms. The second-order valence-electron chi connectivity index (χ2n) is 6.60. The molecule has 156 valence electrons. The average Bonchev–Trinajstić information content (AvgIpc) is 2.77. The lowest BCUT2D eigenvalue weighted by Gasteiger charge is -2.24. The first-order valence-electron chi connectivity index (χ1n) is 9.09. The van der Waals surface area contributed by atoms with Gasteiger partial charge in [-0.25, -0.2) is 10.4 Å². The van der Waals surface area contributed by atoms with Crippen molar-refractivity contribution in [3.05, 3.63) is 105 Å². The van der Waals surface area contributed by atoms with E-state index < -0.39 is 21.2 Å². The molecule has 6 nitrogen and oxygen atoms in total. The van der Waals surface area contributed by atoms with Crippen LogP contribution >= 0.6 is 23.2 Å². The number of quaternary nitrogens is 2. The monoisotopic (exact) mass is 446 g/mol. The van der Waals surface area contributed by atoms with Crippen LogP contribution in [0.3, 0.4) is 0 Å². The predicted octanol–water partition coefficient (Wildman–Crippen LogP) is 3.92. The third kappa shape index (κ3) is 5.26. The first-order chi connectivity index (χ1) is 14.4. The lowest BCUT2D eigenvalue weighted by atomic mass is 9.98. The van der Waals surface area contributed by atoms with Crippen molar-refractivity contribution in [3.63, 3.8) is 0 Å². The van der Waals surface area contributed by atoms with Gasteiger partial charge in [0.2, 0.25) is 0 Å². The number of alkyl halides is 2. The molecule has 0 aliphatic heterocycles. The molecule has 4 atom stereocenters. The Hall–Kier alpha value is -2.26. The zero-order valence-corrected chi connectivity index (χ0v) is 17.2. The van der Waals surface area contributed by atoms with E-state index in [9.17, 15) is 20.8 Å². The van der Waals surface area contributed by atoms with Crippen molar-refractivity contribution in [2.75, 3.05) is 0 Å². The highest BCUT2D eigenvalue weighted by atomic mass is 35.5. The maximum atomic E-state index is 11.8. The Morgan fingerprint density at radius 1 is 0.733 bits per heavy atom. The van der Waals surface area contributed by atoms with Crippen molar-refractivity contribution >= 4 is 46.7 Å². The topological polar surface area (TPSA) is 95.5 Å². The second kappa shape index (κ2) is 10.2. The number of benzene rings is 3. The number of hydrogen-bond acceptors (Lipinski definition) is 4. The summed E-state index contributed by atoms with van der Waals surface area (Å²) in [7, 11) is 0. The molecule has 0 aromatic heterocycles. The molecule has 3 aromatic rings. The van der Waals surface area contributed by atoms with Gasteiger partial charge in [0, 0.05) is 11.1 Å². The molecule has 3 aromatic carbocycles. The number of nitrogens with one attached hydrogen (secondary N) is 2. The summed E-state index contributed by atoms with van der Waals surface area (Å²) in [4.78, 5) is 0. The number of hydrogen-bond donors (Lipinski definition) is 4. The van der Waals surface area contributed by atoms with E-state index in [0.717, 1.165) is 17.2 Å². The Balaban J connectivity index is 2.08. The quantitative estimate of drug-likeness (QED) is 0.251. The molecule has 4 N–H and O–H groups in total. The van der Waals surface area contributed by atoms with E-state index in [0.29, 0.717) is 5.56 Å². The molecule has 0 spiro atoms. The van der Waals surface area contributed by atoms with Gasteiger partial charge in [-0.15, -0.1) is 23.2 Å². The van der Waals surface area contributed by atoms with Crippen LogP contribution in [0, 0.1) is 10.4 Å². The summed E-state index contributed by atoms with van der Waals surface area (Å²) >= 11 is 13.1. The Labute approximate surface area is 183 Å². The molecule has 0 radical (unpaired) electrons. The maximum absolute atomic E-state index is 11.8. The van der Waals surface area contributed by atoms with E-state index in [1.807, 2.05) is 48.5 Å².